The molecule has 1 rings (SSSR count). The fourth-order valence-electron chi connectivity index (χ4n) is 0.632. The quantitative estimate of drug-likeness (QED) is 0.350. The fraction of sp³-hybridized carbons (Fsp3) is 0. The molecular formula is C6H2ClF2NaO2S. The van der Waals surface area contributed by atoms with Gasteiger partial charge < -0.3 is 4.55 Å². The van der Waals surface area contributed by atoms with E-state index < -0.39 is 32.6 Å². The molecule has 0 amide bonds. The molecule has 0 aromatic heterocycles. The Morgan fingerprint density at radius 3 is 2.31 bits per heavy atom. The zero-order valence-electron chi connectivity index (χ0n) is 6.51. The van der Waals surface area contributed by atoms with E-state index in [1.165, 1.54) is 0 Å². The molecule has 0 aliphatic rings. The van der Waals surface area contributed by atoms with Gasteiger partial charge >= 0.3 is 29.6 Å². The van der Waals surface area contributed by atoms with Gasteiger partial charge in [0.15, 0.2) is 0 Å². The maximum Gasteiger partial charge on any atom is 1.00 e. The van der Waals surface area contributed by atoms with Gasteiger partial charge in [0.05, 0.1) is 9.92 Å². The van der Waals surface area contributed by atoms with E-state index in [0.717, 1.165) is 0 Å². The Labute approximate surface area is 103 Å². The normalized spacial score (nSPS) is 12.0. The summed E-state index contributed by atoms with van der Waals surface area (Å²) in [6.45, 7) is 0. The van der Waals surface area contributed by atoms with Crippen LogP contribution in [0, 0.1) is 11.6 Å². The predicted molar refractivity (Wildman–Crippen MR) is 38.6 cm³/mol. The molecule has 1 atom stereocenters. The Kier molecular flexibility index (Phi) is 5.58. The van der Waals surface area contributed by atoms with Gasteiger partial charge in [0.1, 0.15) is 11.6 Å². The van der Waals surface area contributed by atoms with Gasteiger partial charge in [0.25, 0.3) is 0 Å². The summed E-state index contributed by atoms with van der Waals surface area (Å²) in [5.41, 5.74) is 0. The summed E-state index contributed by atoms with van der Waals surface area (Å²) in [6, 6.07) is 1.14. The van der Waals surface area contributed by atoms with E-state index in [1.54, 1.807) is 0 Å². The molecule has 0 N–H and O–H groups in total. The average Bonchev–Trinajstić information content (AvgIpc) is 1.96. The molecule has 0 fully saturated rings. The van der Waals surface area contributed by atoms with Crippen molar-refractivity contribution in [3.8, 4) is 0 Å². The molecule has 1 unspecified atom stereocenters. The second-order valence-electron chi connectivity index (χ2n) is 1.93. The third-order valence-corrected chi connectivity index (χ3v) is 2.12. The molecular weight excluding hydrogens is 233 g/mol. The van der Waals surface area contributed by atoms with Crippen molar-refractivity contribution < 1.29 is 47.1 Å². The topological polar surface area (TPSA) is 40.1 Å². The first-order valence-corrected chi connectivity index (χ1v) is 4.21. The molecule has 2 nitrogen and oxygen atoms in total. The molecule has 0 saturated heterocycles. The van der Waals surface area contributed by atoms with Crippen LogP contribution in [0.5, 0.6) is 0 Å². The zero-order valence-corrected chi connectivity index (χ0v) is 10.1. The number of hydrogen-bond donors (Lipinski definition) is 0. The van der Waals surface area contributed by atoms with Gasteiger partial charge in [-0.1, -0.05) is 11.6 Å². The largest absolute Gasteiger partial charge is 1.00 e. The second kappa shape index (κ2) is 5.38. The maximum atomic E-state index is 12.6. The van der Waals surface area contributed by atoms with E-state index >= 15 is 0 Å². The van der Waals surface area contributed by atoms with Crippen LogP contribution in [0.4, 0.5) is 8.78 Å². The van der Waals surface area contributed by atoms with Crippen LogP contribution in [-0.2, 0) is 11.1 Å². The molecule has 0 bridgehead atoms. The SMILES string of the molecule is O=S([O-])c1cc(F)c(Cl)cc1F.[Na+]. The third-order valence-electron chi connectivity index (χ3n) is 1.15. The summed E-state index contributed by atoms with van der Waals surface area (Å²) in [6.07, 6.45) is 0. The van der Waals surface area contributed by atoms with E-state index in [-0.39, 0.29) is 29.6 Å². The van der Waals surface area contributed by atoms with E-state index in [4.69, 9.17) is 11.6 Å². The van der Waals surface area contributed by atoms with Crippen LogP contribution in [0.25, 0.3) is 0 Å². The molecule has 0 saturated carbocycles. The van der Waals surface area contributed by atoms with Crippen LogP contribution in [-0.4, -0.2) is 8.76 Å². The number of hydrogen-bond acceptors (Lipinski definition) is 2. The summed E-state index contributed by atoms with van der Waals surface area (Å²) in [4.78, 5) is -0.725. The van der Waals surface area contributed by atoms with Gasteiger partial charge in [-0.3, -0.25) is 4.21 Å². The van der Waals surface area contributed by atoms with Crippen LogP contribution in [0.15, 0.2) is 17.0 Å². The molecule has 0 spiro atoms. The van der Waals surface area contributed by atoms with Crippen molar-refractivity contribution in [2.24, 2.45) is 0 Å². The second-order valence-corrected chi connectivity index (χ2v) is 3.25. The summed E-state index contributed by atoms with van der Waals surface area (Å²) >= 11 is 2.39. The summed E-state index contributed by atoms with van der Waals surface area (Å²) in [5, 5.41) is -0.443. The summed E-state index contributed by atoms with van der Waals surface area (Å²) in [5.74, 6) is -2.02. The Bertz CT molecular complexity index is 348. The first-order valence-electron chi connectivity index (χ1n) is 2.76. The van der Waals surface area contributed by atoms with Gasteiger partial charge in [0.2, 0.25) is 0 Å². The number of rotatable bonds is 1. The Hall–Kier alpha value is 0.480. The molecule has 0 aliphatic carbocycles. The average molecular weight is 235 g/mol. The van der Waals surface area contributed by atoms with Crippen LogP contribution in [0.2, 0.25) is 5.02 Å². The number of halogens is 3. The smallest absolute Gasteiger partial charge is 0.768 e. The Morgan fingerprint density at radius 2 is 1.85 bits per heavy atom. The standard InChI is InChI=1S/C6H3ClF2O2S.Na/c7-3-1-5(9)6(12(10)11)2-4(3)8;/h1-2H,(H,10,11);/q;+1/p-1. The summed E-state index contributed by atoms with van der Waals surface area (Å²) < 4.78 is 45.7. The molecule has 0 radical (unpaired) electrons. The van der Waals surface area contributed by atoms with Crippen LogP contribution in [0.1, 0.15) is 0 Å². The Balaban J connectivity index is 0.00000144. The van der Waals surface area contributed by atoms with Crippen LogP contribution in [0.3, 0.4) is 0 Å². The molecule has 0 aliphatic heterocycles. The molecule has 13 heavy (non-hydrogen) atoms. The van der Waals surface area contributed by atoms with E-state index in [9.17, 15) is 17.5 Å². The minimum atomic E-state index is -2.78. The first kappa shape index (κ1) is 13.5. The summed E-state index contributed by atoms with van der Waals surface area (Å²) in [7, 11) is 0. The van der Waals surface area contributed by atoms with Crippen molar-refractivity contribution in [2.75, 3.05) is 0 Å². The van der Waals surface area contributed by atoms with Crippen molar-refractivity contribution in [1.29, 1.82) is 0 Å². The molecule has 1 aromatic rings. The van der Waals surface area contributed by atoms with Gasteiger partial charge in [-0.25, -0.2) is 8.78 Å². The van der Waals surface area contributed by atoms with Crippen molar-refractivity contribution in [3.63, 3.8) is 0 Å². The van der Waals surface area contributed by atoms with Crippen molar-refractivity contribution in [3.05, 3.63) is 28.8 Å². The monoisotopic (exact) mass is 234 g/mol. The Morgan fingerprint density at radius 1 is 1.31 bits per heavy atom. The van der Waals surface area contributed by atoms with Crippen LogP contribution < -0.4 is 29.6 Å². The number of benzene rings is 1. The van der Waals surface area contributed by atoms with Crippen molar-refractivity contribution in [1.82, 2.24) is 0 Å². The van der Waals surface area contributed by atoms with E-state index in [2.05, 4.69) is 0 Å². The van der Waals surface area contributed by atoms with Gasteiger partial charge in [0, 0.05) is 0 Å². The molecule has 0 heterocycles. The van der Waals surface area contributed by atoms with Gasteiger partial charge in [-0.15, -0.1) is 0 Å². The third kappa shape index (κ3) is 3.27. The minimum absolute atomic E-state index is 0. The van der Waals surface area contributed by atoms with Crippen molar-refractivity contribution in [2.45, 2.75) is 4.90 Å². The van der Waals surface area contributed by atoms with Gasteiger partial charge in [-0.05, 0) is 23.2 Å². The van der Waals surface area contributed by atoms with E-state index in [1.807, 2.05) is 0 Å². The molecule has 1 aromatic carbocycles. The minimum Gasteiger partial charge on any atom is -0.768 e. The predicted octanol–water partition coefficient (Wildman–Crippen LogP) is -1.14. The van der Waals surface area contributed by atoms with Crippen molar-refractivity contribution >= 4 is 22.7 Å². The first-order chi connectivity index (χ1) is 5.52. The molecule has 66 valence electrons. The molecule has 7 heteroatoms. The van der Waals surface area contributed by atoms with Crippen LogP contribution >= 0.6 is 11.6 Å². The zero-order chi connectivity index (χ0) is 9.30. The fourth-order valence-corrected chi connectivity index (χ4v) is 1.20. The van der Waals surface area contributed by atoms with Gasteiger partial charge in [-0.2, -0.15) is 0 Å². The maximum absolute atomic E-state index is 12.6. The van der Waals surface area contributed by atoms with E-state index in [0.29, 0.717) is 12.1 Å².